The molecule has 0 aromatic heterocycles. The van der Waals surface area contributed by atoms with Gasteiger partial charge < -0.3 is 19.6 Å². The maximum Gasteiger partial charge on any atom is 0.0587 e. The molecule has 6 heteroatoms. The first-order chi connectivity index (χ1) is 34.5. The van der Waals surface area contributed by atoms with Crippen LogP contribution >= 0.6 is 31.9 Å². The Morgan fingerprint density at radius 2 is 0.875 bits per heavy atom. The first-order valence-corrected chi connectivity index (χ1v) is 29.3. The summed E-state index contributed by atoms with van der Waals surface area (Å²) in [4.78, 5) is 10.8. The lowest BCUT2D eigenvalue weighted by Gasteiger charge is -2.50. The first-order valence-electron chi connectivity index (χ1n) is 27.7. The van der Waals surface area contributed by atoms with Crippen LogP contribution in [0.15, 0.2) is 106 Å². The van der Waals surface area contributed by atoms with Crippen molar-refractivity contribution in [2.45, 2.75) is 169 Å². The molecule has 0 spiro atoms. The number of benzene rings is 6. The molecule has 4 atom stereocenters. The van der Waals surface area contributed by atoms with Crippen LogP contribution in [-0.2, 0) is 0 Å². The second kappa shape index (κ2) is 22.9. The van der Waals surface area contributed by atoms with Gasteiger partial charge in [-0.2, -0.15) is 0 Å². The molecule has 0 saturated heterocycles. The van der Waals surface area contributed by atoms with E-state index in [2.05, 4.69) is 188 Å². The minimum absolute atomic E-state index is 0. The second-order valence-corrected chi connectivity index (χ2v) is 22.8. The maximum atomic E-state index is 3.91. The number of hydrogen-bond donors (Lipinski definition) is 0. The minimum Gasteiger partial charge on any atom is -0.364 e. The van der Waals surface area contributed by atoms with E-state index in [1.54, 1.807) is 16.7 Å². The van der Waals surface area contributed by atoms with Crippen LogP contribution in [0.4, 0.5) is 34.1 Å². The largest absolute Gasteiger partial charge is 0.364 e. The summed E-state index contributed by atoms with van der Waals surface area (Å²) in [5.41, 5.74) is 17.6. The average Bonchev–Trinajstić information content (AvgIpc) is 3.39. The molecule has 4 heterocycles. The third-order valence-corrected chi connectivity index (χ3v) is 18.2. The molecule has 72 heavy (non-hydrogen) atoms. The summed E-state index contributed by atoms with van der Waals surface area (Å²) in [7, 11) is 0. The van der Waals surface area contributed by atoms with Gasteiger partial charge in [-0.25, -0.2) is 0 Å². The van der Waals surface area contributed by atoms with Crippen molar-refractivity contribution < 1.29 is 0 Å². The molecule has 380 valence electrons. The molecule has 0 bridgehead atoms. The summed E-state index contributed by atoms with van der Waals surface area (Å²) in [5.74, 6) is 0.805. The predicted molar refractivity (Wildman–Crippen MR) is 324 cm³/mol. The highest BCUT2D eigenvalue weighted by Gasteiger charge is 2.46. The van der Waals surface area contributed by atoms with Crippen molar-refractivity contribution in [3.8, 4) is 0 Å². The molecule has 0 amide bonds. The van der Waals surface area contributed by atoms with Gasteiger partial charge in [0.25, 0.3) is 0 Å². The fraction of sp³-hybridized carbons (Fsp3) is 0.455. The topological polar surface area (TPSA) is 13.0 Å². The molecule has 0 N–H and O–H groups in total. The van der Waals surface area contributed by atoms with Crippen molar-refractivity contribution in [3.05, 3.63) is 139 Å². The highest BCUT2D eigenvalue weighted by atomic mass is 79.9. The van der Waals surface area contributed by atoms with Crippen molar-refractivity contribution in [2.75, 3.05) is 45.8 Å². The third-order valence-electron chi connectivity index (χ3n) is 16.8. The van der Waals surface area contributed by atoms with E-state index in [1.165, 1.54) is 184 Å². The molecule has 12 rings (SSSR count). The van der Waals surface area contributed by atoms with Gasteiger partial charge in [-0.15, -0.1) is 0 Å². The normalized spacial score (nSPS) is 18.5. The van der Waals surface area contributed by atoms with Crippen molar-refractivity contribution in [1.82, 2.24) is 0 Å². The number of anilines is 6. The lowest BCUT2D eigenvalue weighted by Crippen LogP contribution is -2.46. The highest BCUT2D eigenvalue weighted by Crippen LogP contribution is 2.60. The summed E-state index contributed by atoms with van der Waals surface area (Å²) in [6, 6.07) is 33.6. The van der Waals surface area contributed by atoms with Crippen LogP contribution < -0.4 is 19.6 Å². The second-order valence-electron chi connectivity index (χ2n) is 21.1. The molecular formula is C66H82Br2N4. The lowest BCUT2D eigenvalue weighted by molar-refractivity contribution is 0.565. The van der Waals surface area contributed by atoms with Gasteiger partial charge in [-0.05, 0) is 118 Å². The van der Waals surface area contributed by atoms with Gasteiger partial charge in [0.15, 0.2) is 0 Å². The third kappa shape index (κ3) is 9.05. The van der Waals surface area contributed by atoms with Crippen LogP contribution in [0.25, 0.3) is 33.7 Å². The molecule has 4 unspecified atom stereocenters. The SMILES string of the molecule is C.C.CCCCCCN1c2ccc(Br)c3c2C2c4c1ccc1c(Br)ccc(c41)N(CCCCCC)C2C=C3.CCCCCCN1c2cccc3c2C2c4c1ccc1cccc(c41)N(CCCCCC)C2C=C3. The van der Waals surface area contributed by atoms with E-state index in [9.17, 15) is 0 Å². The Morgan fingerprint density at radius 1 is 0.403 bits per heavy atom. The van der Waals surface area contributed by atoms with E-state index in [1.807, 2.05) is 0 Å². The summed E-state index contributed by atoms with van der Waals surface area (Å²) in [6.45, 7) is 13.7. The van der Waals surface area contributed by atoms with Crippen LogP contribution in [0.3, 0.4) is 0 Å². The number of rotatable bonds is 20. The molecule has 6 aromatic rings. The first kappa shape index (κ1) is 52.3. The van der Waals surface area contributed by atoms with Gasteiger partial charge >= 0.3 is 0 Å². The quantitative estimate of drug-likeness (QED) is 0.0706. The van der Waals surface area contributed by atoms with Crippen molar-refractivity contribution >= 4 is 99.7 Å². The highest BCUT2D eigenvalue weighted by molar-refractivity contribution is 9.11. The van der Waals surface area contributed by atoms with Gasteiger partial charge in [-0.1, -0.05) is 212 Å². The summed E-state index contributed by atoms with van der Waals surface area (Å²) in [5, 5.41) is 5.72. The molecule has 0 fully saturated rings. The fourth-order valence-electron chi connectivity index (χ4n) is 13.6. The molecule has 0 radical (unpaired) electrons. The monoisotopic (exact) mass is 1090 g/mol. The number of halogens is 2. The van der Waals surface area contributed by atoms with E-state index in [0.29, 0.717) is 23.9 Å². The maximum absolute atomic E-state index is 3.91. The Hall–Kier alpha value is -4.52. The van der Waals surface area contributed by atoms with E-state index in [4.69, 9.17) is 0 Å². The molecule has 2 aliphatic carbocycles. The Kier molecular flexibility index (Phi) is 16.7. The van der Waals surface area contributed by atoms with Gasteiger partial charge in [0.1, 0.15) is 0 Å². The summed E-state index contributed by atoms with van der Waals surface area (Å²) >= 11 is 7.81. The van der Waals surface area contributed by atoms with Crippen molar-refractivity contribution in [2.24, 2.45) is 0 Å². The van der Waals surface area contributed by atoms with E-state index >= 15 is 0 Å². The van der Waals surface area contributed by atoms with Gasteiger partial charge in [0.2, 0.25) is 0 Å². The Labute approximate surface area is 451 Å². The molecule has 0 saturated carbocycles. The smallest absolute Gasteiger partial charge is 0.0587 e. The Morgan fingerprint density at radius 3 is 1.51 bits per heavy atom. The van der Waals surface area contributed by atoms with Crippen LogP contribution in [0, 0.1) is 0 Å². The van der Waals surface area contributed by atoms with Crippen molar-refractivity contribution in [1.29, 1.82) is 0 Å². The molecule has 4 nitrogen and oxygen atoms in total. The Bertz CT molecular complexity index is 2950. The lowest BCUT2D eigenvalue weighted by atomic mass is 9.70. The number of nitrogens with zero attached hydrogens (tertiary/aromatic N) is 4. The van der Waals surface area contributed by atoms with Crippen LogP contribution in [0.5, 0.6) is 0 Å². The molecule has 6 aromatic carbocycles. The van der Waals surface area contributed by atoms with Gasteiger partial charge in [0.05, 0.1) is 12.1 Å². The van der Waals surface area contributed by atoms with Crippen LogP contribution in [-0.4, -0.2) is 38.3 Å². The predicted octanol–water partition coefficient (Wildman–Crippen LogP) is 20.4. The van der Waals surface area contributed by atoms with E-state index < -0.39 is 0 Å². The van der Waals surface area contributed by atoms with Gasteiger partial charge in [-0.3, -0.25) is 0 Å². The zero-order valence-electron chi connectivity index (χ0n) is 42.4. The number of unbranched alkanes of at least 4 members (excludes halogenated alkanes) is 12. The average molecular weight is 1090 g/mol. The van der Waals surface area contributed by atoms with Gasteiger partial charge in [0, 0.05) is 91.9 Å². The zero-order chi connectivity index (χ0) is 47.9. The molecule has 6 aliphatic rings. The van der Waals surface area contributed by atoms with E-state index in [-0.39, 0.29) is 14.9 Å². The fourth-order valence-corrected chi connectivity index (χ4v) is 14.5. The summed E-state index contributed by atoms with van der Waals surface area (Å²) in [6.07, 6.45) is 30.5. The Balaban J connectivity index is 0.000000173. The van der Waals surface area contributed by atoms with Crippen molar-refractivity contribution in [3.63, 3.8) is 0 Å². The van der Waals surface area contributed by atoms with Crippen LogP contribution in [0.2, 0.25) is 0 Å². The van der Waals surface area contributed by atoms with E-state index in [0.717, 1.165) is 26.2 Å². The summed E-state index contributed by atoms with van der Waals surface area (Å²) < 4.78 is 2.42. The molecular weight excluding hydrogens is 1010 g/mol. The number of hydrogen-bond acceptors (Lipinski definition) is 4. The standard InChI is InChI=1S/C32H36Br2N2.C32H38N2.2CH4/c1-3-5-7-9-19-35-25-17-13-23(33)21-12-16-28-32(29(21)25)31-27(35)15-11-22-24(34)14-18-26(30(22)31)36(28)20-10-8-6-4-2;1-3-5-7-9-21-33-25-15-11-13-23-18-20-28-32(29(23)25)31-27(33)19-17-24-14-12-16-26(30(24)31)34(28)22-10-8-6-4-2;;/h11-18,27,31H,3-10,19-20H2,1-2H3;11-20,27,31H,3-10,21-22H2,1-2H3;2*1H4. The molecule has 4 aliphatic heterocycles. The minimum atomic E-state index is 0. The zero-order valence-corrected chi connectivity index (χ0v) is 45.6. The van der Waals surface area contributed by atoms with Crippen LogP contribution in [0.1, 0.15) is 190 Å².